The lowest BCUT2D eigenvalue weighted by atomic mass is 9.97. The van der Waals surface area contributed by atoms with E-state index in [4.69, 9.17) is 0 Å². The van der Waals surface area contributed by atoms with Gasteiger partial charge in [-0.1, -0.05) is 58.0 Å². The summed E-state index contributed by atoms with van der Waals surface area (Å²) in [6, 6.07) is 11.9. The van der Waals surface area contributed by atoms with Gasteiger partial charge in [-0.3, -0.25) is 4.79 Å². The van der Waals surface area contributed by atoms with Crippen molar-refractivity contribution in [2.24, 2.45) is 11.8 Å². The average molecular weight is 674 g/mol. The lowest BCUT2D eigenvalue weighted by Crippen LogP contribution is -2.57. The van der Waals surface area contributed by atoms with Crippen LogP contribution in [-0.2, 0) is 27.8 Å². The first kappa shape index (κ1) is 35.5. The van der Waals surface area contributed by atoms with E-state index in [9.17, 15) is 27.5 Å². The van der Waals surface area contributed by atoms with Crippen LogP contribution in [0.3, 0.4) is 0 Å². The molecule has 0 unspecified atom stereocenters. The van der Waals surface area contributed by atoms with Gasteiger partial charge in [-0.05, 0) is 55.0 Å². The number of urea groups is 1. The SMILES string of the molecule is Cc1nc(CN2CCN([C@H](C(=O)N[C@@H](Cc3ccccc3)[C@@H](O)CN(CC(C)C)S(=O)(=O)c3ccc(F)cc3)C(C)C)C2=O)cs1. The number of thiazole rings is 1. The lowest BCUT2D eigenvalue weighted by Gasteiger charge is -2.34. The molecule has 250 valence electrons. The molecule has 2 aromatic carbocycles. The van der Waals surface area contributed by atoms with E-state index in [-0.39, 0.29) is 42.3 Å². The Morgan fingerprint density at radius 1 is 1.07 bits per heavy atom. The van der Waals surface area contributed by atoms with Crippen LogP contribution in [0.1, 0.15) is 44.0 Å². The van der Waals surface area contributed by atoms with E-state index in [1.807, 2.05) is 70.3 Å². The molecule has 46 heavy (non-hydrogen) atoms. The molecule has 0 bridgehead atoms. The summed E-state index contributed by atoms with van der Waals surface area (Å²) in [6.45, 7) is 10.3. The monoisotopic (exact) mass is 673 g/mol. The van der Waals surface area contributed by atoms with Crippen molar-refractivity contribution in [2.45, 2.75) is 70.7 Å². The normalized spacial score (nSPS) is 16.0. The molecular formula is C33H44FN5O5S2. The Labute approximate surface area is 275 Å². The Balaban J connectivity index is 1.56. The number of aliphatic hydroxyl groups excluding tert-OH is 1. The molecule has 0 saturated carbocycles. The quantitative estimate of drug-likeness (QED) is 0.248. The van der Waals surface area contributed by atoms with E-state index in [1.54, 1.807) is 9.80 Å². The molecule has 2 N–H and O–H groups in total. The number of carbonyl (C=O) groups is 2. The number of amides is 3. The predicted octanol–water partition coefficient (Wildman–Crippen LogP) is 4.29. The van der Waals surface area contributed by atoms with Crippen molar-refractivity contribution in [1.29, 1.82) is 0 Å². The first-order chi connectivity index (χ1) is 21.8. The summed E-state index contributed by atoms with van der Waals surface area (Å²) in [5.74, 6) is -1.30. The second-order valence-electron chi connectivity index (χ2n) is 12.5. The summed E-state index contributed by atoms with van der Waals surface area (Å²) in [4.78, 5) is 35.1. The molecule has 3 amide bonds. The number of nitrogens with one attached hydrogen (secondary N) is 1. The zero-order valence-corrected chi connectivity index (χ0v) is 28.6. The van der Waals surface area contributed by atoms with Crippen molar-refractivity contribution in [1.82, 2.24) is 24.4 Å². The van der Waals surface area contributed by atoms with E-state index >= 15 is 0 Å². The summed E-state index contributed by atoms with van der Waals surface area (Å²) in [6.07, 6.45) is -1.07. The highest BCUT2D eigenvalue weighted by atomic mass is 32.2. The molecule has 1 aromatic heterocycles. The first-order valence-corrected chi connectivity index (χ1v) is 17.8. The fourth-order valence-corrected chi connectivity index (χ4v) is 7.90. The van der Waals surface area contributed by atoms with Gasteiger partial charge in [0.25, 0.3) is 0 Å². The molecule has 2 heterocycles. The van der Waals surface area contributed by atoms with Gasteiger partial charge >= 0.3 is 6.03 Å². The largest absolute Gasteiger partial charge is 0.390 e. The van der Waals surface area contributed by atoms with Gasteiger partial charge in [-0.25, -0.2) is 22.6 Å². The first-order valence-electron chi connectivity index (χ1n) is 15.5. The number of sulfonamides is 1. The Morgan fingerprint density at radius 3 is 2.33 bits per heavy atom. The maximum atomic E-state index is 14.0. The third kappa shape index (κ3) is 8.90. The minimum absolute atomic E-state index is 0.0766. The summed E-state index contributed by atoms with van der Waals surface area (Å²) < 4.78 is 42.1. The van der Waals surface area contributed by atoms with Gasteiger partial charge in [-0.15, -0.1) is 11.3 Å². The van der Waals surface area contributed by atoms with E-state index < -0.39 is 39.9 Å². The molecule has 13 heteroatoms. The van der Waals surface area contributed by atoms with Gasteiger partial charge in [0.1, 0.15) is 11.9 Å². The van der Waals surface area contributed by atoms with Crippen molar-refractivity contribution in [3.8, 4) is 0 Å². The van der Waals surface area contributed by atoms with Crippen LogP contribution in [-0.4, -0.2) is 88.9 Å². The number of rotatable bonds is 15. The number of nitrogens with zero attached hydrogens (tertiary/aromatic N) is 4. The number of aryl methyl sites for hydroxylation is 1. The molecule has 0 radical (unpaired) electrons. The van der Waals surface area contributed by atoms with Crippen molar-refractivity contribution >= 4 is 33.3 Å². The van der Waals surface area contributed by atoms with Crippen LogP contribution in [0.2, 0.25) is 0 Å². The van der Waals surface area contributed by atoms with Crippen LogP contribution < -0.4 is 5.32 Å². The van der Waals surface area contributed by atoms with Gasteiger partial charge in [0.05, 0.1) is 34.3 Å². The second-order valence-corrected chi connectivity index (χ2v) is 15.5. The van der Waals surface area contributed by atoms with Crippen LogP contribution in [0.15, 0.2) is 64.9 Å². The van der Waals surface area contributed by atoms with Gasteiger partial charge in [0.15, 0.2) is 0 Å². The summed E-state index contributed by atoms with van der Waals surface area (Å²) in [5.41, 5.74) is 1.64. The third-order valence-electron chi connectivity index (χ3n) is 7.88. The molecule has 0 aliphatic carbocycles. The number of carbonyl (C=O) groups excluding carboxylic acids is 2. The fourth-order valence-electron chi connectivity index (χ4n) is 5.68. The average Bonchev–Trinajstić information content (AvgIpc) is 3.57. The minimum Gasteiger partial charge on any atom is -0.390 e. The molecular weight excluding hydrogens is 630 g/mol. The zero-order valence-electron chi connectivity index (χ0n) is 27.0. The second kappa shape index (κ2) is 15.5. The number of hydrogen-bond donors (Lipinski definition) is 2. The summed E-state index contributed by atoms with van der Waals surface area (Å²) >= 11 is 1.52. The van der Waals surface area contributed by atoms with Gasteiger partial charge in [0.2, 0.25) is 15.9 Å². The Kier molecular flexibility index (Phi) is 11.9. The molecule has 3 aromatic rings. The molecule has 1 aliphatic heterocycles. The van der Waals surface area contributed by atoms with Crippen LogP contribution in [0.5, 0.6) is 0 Å². The van der Waals surface area contributed by atoms with E-state index in [0.29, 0.717) is 19.6 Å². The molecule has 4 rings (SSSR count). The molecule has 1 fully saturated rings. The number of aliphatic hydroxyl groups is 1. The van der Waals surface area contributed by atoms with Crippen LogP contribution in [0.4, 0.5) is 9.18 Å². The zero-order chi connectivity index (χ0) is 33.6. The predicted molar refractivity (Wildman–Crippen MR) is 176 cm³/mol. The molecule has 1 aliphatic rings. The van der Waals surface area contributed by atoms with Crippen molar-refractivity contribution < 1.29 is 27.5 Å². The smallest absolute Gasteiger partial charge is 0.321 e. The third-order valence-corrected chi connectivity index (χ3v) is 10.6. The number of aromatic nitrogens is 1. The van der Waals surface area contributed by atoms with Crippen LogP contribution in [0.25, 0.3) is 0 Å². The van der Waals surface area contributed by atoms with E-state index in [1.165, 1.54) is 27.8 Å². The number of benzene rings is 2. The topological polar surface area (TPSA) is 123 Å². The Bertz CT molecular complexity index is 1570. The Hall–Kier alpha value is -3.39. The molecule has 10 nitrogen and oxygen atoms in total. The van der Waals surface area contributed by atoms with Gasteiger partial charge in [-0.2, -0.15) is 4.31 Å². The summed E-state index contributed by atoms with van der Waals surface area (Å²) in [7, 11) is -4.09. The van der Waals surface area contributed by atoms with Crippen molar-refractivity contribution in [3.05, 3.63) is 82.1 Å². The highest BCUT2D eigenvalue weighted by molar-refractivity contribution is 7.89. The van der Waals surface area contributed by atoms with Crippen molar-refractivity contribution in [2.75, 3.05) is 26.2 Å². The van der Waals surface area contributed by atoms with Crippen LogP contribution >= 0.6 is 11.3 Å². The molecule has 3 atom stereocenters. The lowest BCUT2D eigenvalue weighted by molar-refractivity contribution is -0.128. The van der Waals surface area contributed by atoms with E-state index in [2.05, 4.69) is 10.3 Å². The molecule has 0 spiro atoms. The van der Waals surface area contributed by atoms with Crippen molar-refractivity contribution in [3.63, 3.8) is 0 Å². The minimum atomic E-state index is -4.09. The van der Waals surface area contributed by atoms with Gasteiger partial charge < -0.3 is 20.2 Å². The Morgan fingerprint density at radius 2 is 1.74 bits per heavy atom. The highest BCUT2D eigenvalue weighted by Gasteiger charge is 2.40. The number of halogens is 1. The fraction of sp³-hybridized carbons (Fsp3) is 0.485. The van der Waals surface area contributed by atoms with E-state index in [0.717, 1.165) is 28.4 Å². The van der Waals surface area contributed by atoms with Gasteiger partial charge in [0, 0.05) is 31.6 Å². The maximum Gasteiger partial charge on any atom is 0.321 e. The summed E-state index contributed by atoms with van der Waals surface area (Å²) in [5, 5.41) is 17.5. The maximum absolute atomic E-state index is 14.0. The molecule has 1 saturated heterocycles. The standard InChI is InChI=1S/C33H44FN5O5S2/c1-22(2)18-38(46(43,44)28-13-11-26(34)12-14-28)20-30(40)29(17-25-9-7-6-8-10-25)36-32(41)31(23(3)4)39-16-15-37(33(39)42)19-27-21-45-24(5)35-27/h6-14,21-23,29-31,40H,15-20H2,1-5H3,(H,36,41)/t29-,30-,31-/m0/s1. The highest BCUT2D eigenvalue weighted by Crippen LogP contribution is 2.23. The van der Waals surface area contributed by atoms with Crippen LogP contribution in [0, 0.1) is 24.6 Å². The number of hydrogen-bond acceptors (Lipinski definition) is 7.